The summed E-state index contributed by atoms with van der Waals surface area (Å²) >= 11 is 0. The molecule has 1 aliphatic rings. The molecule has 1 aliphatic carbocycles. The van der Waals surface area contributed by atoms with Crippen molar-refractivity contribution in [3.63, 3.8) is 0 Å². The van der Waals surface area contributed by atoms with E-state index in [1.54, 1.807) is 0 Å². The predicted octanol–water partition coefficient (Wildman–Crippen LogP) is 3.48. The van der Waals surface area contributed by atoms with Crippen molar-refractivity contribution in [1.29, 1.82) is 0 Å². The number of fused-ring (bicyclic) bond motifs is 1. The number of nitrogens with one attached hydrogen (secondary N) is 1. The van der Waals surface area contributed by atoms with E-state index in [9.17, 15) is 5.11 Å². The van der Waals surface area contributed by atoms with Crippen LogP contribution in [0, 0.1) is 6.92 Å². The Balaban J connectivity index is 1.85. The highest BCUT2D eigenvalue weighted by molar-refractivity contribution is 5.81. The molecule has 0 radical (unpaired) electrons. The highest BCUT2D eigenvalue weighted by Gasteiger charge is 2.37. The molecule has 108 valence electrons. The Labute approximate surface area is 120 Å². The number of hydrogen-bond donors (Lipinski definition) is 2. The van der Waals surface area contributed by atoms with Crippen LogP contribution in [0.1, 0.15) is 43.9 Å². The molecule has 1 aromatic heterocycles. The summed E-state index contributed by atoms with van der Waals surface area (Å²) in [7, 11) is 0. The summed E-state index contributed by atoms with van der Waals surface area (Å²) in [5.74, 6) is 0.733. The summed E-state index contributed by atoms with van der Waals surface area (Å²) in [6.45, 7) is 5.16. The predicted molar refractivity (Wildman–Crippen MR) is 80.8 cm³/mol. The minimum Gasteiger partial charge on any atom is -0.458 e. The van der Waals surface area contributed by atoms with E-state index in [4.69, 9.17) is 4.42 Å². The van der Waals surface area contributed by atoms with Crippen molar-refractivity contribution in [2.45, 2.75) is 51.2 Å². The van der Waals surface area contributed by atoms with Crippen molar-refractivity contribution in [3.05, 3.63) is 35.6 Å². The number of benzene rings is 1. The fourth-order valence-electron chi connectivity index (χ4n) is 3.27. The zero-order chi connectivity index (χ0) is 14.2. The Kier molecular flexibility index (Phi) is 3.57. The smallest absolute Gasteiger partial charge is 0.137 e. The molecule has 1 aromatic carbocycles. The second kappa shape index (κ2) is 5.23. The zero-order valence-electron chi connectivity index (χ0n) is 12.3. The highest BCUT2D eigenvalue weighted by atomic mass is 16.4. The standard InChI is InChI=1S/C17H23NO2/c1-3-18-14-7-9-17(19,10-8-14)15-11-13-6-4-5-12(2)16(13)20-15/h4-6,11,14,18-19H,3,7-10H2,1-2H3. The first-order valence-corrected chi connectivity index (χ1v) is 7.58. The van der Waals surface area contributed by atoms with Gasteiger partial charge in [0.2, 0.25) is 0 Å². The average Bonchev–Trinajstić information content (AvgIpc) is 2.88. The van der Waals surface area contributed by atoms with Gasteiger partial charge in [-0.15, -0.1) is 0 Å². The van der Waals surface area contributed by atoms with E-state index in [0.29, 0.717) is 6.04 Å². The van der Waals surface area contributed by atoms with Gasteiger partial charge in [0, 0.05) is 11.4 Å². The minimum absolute atomic E-state index is 0.534. The third-order valence-electron chi connectivity index (χ3n) is 4.51. The highest BCUT2D eigenvalue weighted by Crippen LogP contribution is 2.39. The van der Waals surface area contributed by atoms with Gasteiger partial charge < -0.3 is 14.8 Å². The first kappa shape index (κ1) is 13.7. The van der Waals surface area contributed by atoms with E-state index in [1.807, 2.05) is 31.2 Å². The molecule has 1 fully saturated rings. The largest absolute Gasteiger partial charge is 0.458 e. The topological polar surface area (TPSA) is 45.4 Å². The molecule has 0 amide bonds. The second-order valence-electron chi connectivity index (χ2n) is 5.97. The van der Waals surface area contributed by atoms with Gasteiger partial charge in [0.05, 0.1) is 0 Å². The van der Waals surface area contributed by atoms with Gasteiger partial charge in [-0.1, -0.05) is 25.1 Å². The lowest BCUT2D eigenvalue weighted by molar-refractivity contribution is -0.0253. The molecule has 0 spiro atoms. The average molecular weight is 273 g/mol. The van der Waals surface area contributed by atoms with Crippen LogP contribution < -0.4 is 5.32 Å². The molecule has 2 N–H and O–H groups in total. The number of rotatable bonds is 3. The quantitative estimate of drug-likeness (QED) is 0.900. The SMILES string of the molecule is CCNC1CCC(O)(c2cc3cccc(C)c3o2)CC1. The summed E-state index contributed by atoms with van der Waals surface area (Å²) in [6, 6.07) is 8.66. The molecule has 20 heavy (non-hydrogen) atoms. The summed E-state index contributed by atoms with van der Waals surface area (Å²) in [6.07, 6.45) is 3.54. The Bertz CT molecular complexity index is 594. The van der Waals surface area contributed by atoms with Crippen LogP contribution in [0.3, 0.4) is 0 Å². The normalized spacial score (nSPS) is 27.1. The number of aliphatic hydroxyl groups is 1. The molecular formula is C17H23NO2. The lowest BCUT2D eigenvalue weighted by Crippen LogP contribution is -2.39. The van der Waals surface area contributed by atoms with E-state index in [0.717, 1.165) is 54.5 Å². The zero-order valence-corrected chi connectivity index (χ0v) is 12.3. The third-order valence-corrected chi connectivity index (χ3v) is 4.51. The van der Waals surface area contributed by atoms with Crippen molar-refractivity contribution < 1.29 is 9.52 Å². The fraction of sp³-hybridized carbons (Fsp3) is 0.529. The lowest BCUT2D eigenvalue weighted by Gasteiger charge is -2.34. The molecule has 1 heterocycles. The Morgan fingerprint density at radius 3 is 2.75 bits per heavy atom. The molecule has 3 heteroatoms. The molecule has 1 saturated carbocycles. The van der Waals surface area contributed by atoms with Gasteiger partial charge in [-0.25, -0.2) is 0 Å². The Morgan fingerprint density at radius 2 is 2.10 bits per heavy atom. The molecule has 2 aromatic rings. The maximum Gasteiger partial charge on any atom is 0.137 e. The molecule has 0 aliphatic heterocycles. The number of furan rings is 1. The molecule has 0 saturated heterocycles. The Morgan fingerprint density at radius 1 is 1.35 bits per heavy atom. The summed E-state index contributed by atoms with van der Waals surface area (Å²) in [4.78, 5) is 0. The molecule has 0 bridgehead atoms. The van der Waals surface area contributed by atoms with Crippen LogP contribution in [0.2, 0.25) is 0 Å². The number of hydrogen-bond acceptors (Lipinski definition) is 3. The van der Waals surface area contributed by atoms with Crippen molar-refractivity contribution in [1.82, 2.24) is 5.32 Å². The number of aryl methyl sites for hydroxylation is 1. The maximum absolute atomic E-state index is 10.9. The molecule has 3 rings (SSSR count). The second-order valence-corrected chi connectivity index (χ2v) is 5.97. The lowest BCUT2D eigenvalue weighted by atomic mass is 9.80. The molecular weight excluding hydrogens is 250 g/mol. The van der Waals surface area contributed by atoms with E-state index < -0.39 is 5.60 Å². The van der Waals surface area contributed by atoms with E-state index in [1.165, 1.54) is 0 Å². The first-order valence-electron chi connectivity index (χ1n) is 7.58. The first-order chi connectivity index (χ1) is 9.62. The van der Waals surface area contributed by atoms with Gasteiger partial charge >= 0.3 is 0 Å². The maximum atomic E-state index is 10.9. The van der Waals surface area contributed by atoms with Crippen LogP contribution in [0.5, 0.6) is 0 Å². The van der Waals surface area contributed by atoms with Gasteiger partial charge in [-0.05, 0) is 50.8 Å². The van der Waals surface area contributed by atoms with Crippen molar-refractivity contribution >= 4 is 11.0 Å². The fourth-order valence-corrected chi connectivity index (χ4v) is 3.27. The van der Waals surface area contributed by atoms with Crippen molar-refractivity contribution in [3.8, 4) is 0 Å². The molecule has 3 nitrogen and oxygen atoms in total. The third kappa shape index (κ3) is 2.36. The van der Waals surface area contributed by atoms with E-state index in [2.05, 4.69) is 12.2 Å². The van der Waals surface area contributed by atoms with Gasteiger partial charge in [-0.2, -0.15) is 0 Å². The van der Waals surface area contributed by atoms with Crippen molar-refractivity contribution in [2.24, 2.45) is 0 Å². The van der Waals surface area contributed by atoms with Crippen LogP contribution in [-0.4, -0.2) is 17.7 Å². The number of para-hydroxylation sites is 1. The van der Waals surface area contributed by atoms with Crippen LogP contribution >= 0.6 is 0 Å². The van der Waals surface area contributed by atoms with Crippen molar-refractivity contribution in [2.75, 3.05) is 6.54 Å². The monoisotopic (exact) mass is 273 g/mol. The van der Waals surface area contributed by atoms with E-state index in [-0.39, 0.29) is 0 Å². The van der Waals surface area contributed by atoms with Gasteiger partial charge in [-0.3, -0.25) is 0 Å². The molecule has 0 atom stereocenters. The van der Waals surface area contributed by atoms with E-state index >= 15 is 0 Å². The van der Waals surface area contributed by atoms with Gasteiger partial charge in [0.1, 0.15) is 16.9 Å². The van der Waals surface area contributed by atoms with Crippen LogP contribution in [0.4, 0.5) is 0 Å². The Hall–Kier alpha value is -1.32. The van der Waals surface area contributed by atoms with Gasteiger partial charge in [0.15, 0.2) is 0 Å². The minimum atomic E-state index is -0.794. The summed E-state index contributed by atoms with van der Waals surface area (Å²) in [5, 5.41) is 15.5. The van der Waals surface area contributed by atoms with Crippen LogP contribution in [-0.2, 0) is 5.60 Å². The summed E-state index contributed by atoms with van der Waals surface area (Å²) in [5.41, 5.74) is 1.24. The van der Waals surface area contributed by atoms with Gasteiger partial charge in [0.25, 0.3) is 0 Å². The van der Waals surface area contributed by atoms with Crippen LogP contribution in [0.25, 0.3) is 11.0 Å². The molecule has 0 unspecified atom stereocenters. The van der Waals surface area contributed by atoms with Crippen LogP contribution in [0.15, 0.2) is 28.7 Å². The summed E-state index contributed by atoms with van der Waals surface area (Å²) < 4.78 is 5.97.